The summed E-state index contributed by atoms with van der Waals surface area (Å²) < 4.78 is 10.4. The van der Waals surface area contributed by atoms with E-state index in [0.29, 0.717) is 18.0 Å². The molecule has 23 heavy (non-hydrogen) atoms. The lowest BCUT2D eigenvalue weighted by Gasteiger charge is -2.08. The third kappa shape index (κ3) is 5.44. The highest BCUT2D eigenvalue weighted by Gasteiger charge is 2.12. The standard InChI is InChI=1S/C17H18N2O4/c1-22-12-11-18-16(20)17(21)19-13-7-9-15(10-8-13)23-14-5-3-2-4-6-14/h2-10H,11-12H2,1H3,(H,18,20)(H,19,21). The Hall–Kier alpha value is -2.86. The maximum atomic E-state index is 11.7. The molecule has 0 radical (unpaired) electrons. The van der Waals surface area contributed by atoms with Crippen LogP contribution in [0.5, 0.6) is 11.5 Å². The van der Waals surface area contributed by atoms with Gasteiger partial charge in [0.25, 0.3) is 0 Å². The lowest BCUT2D eigenvalue weighted by molar-refractivity contribution is -0.136. The molecule has 2 amide bonds. The van der Waals surface area contributed by atoms with Crippen molar-refractivity contribution in [3.05, 3.63) is 54.6 Å². The van der Waals surface area contributed by atoms with E-state index in [1.807, 2.05) is 30.3 Å². The first-order valence-corrected chi connectivity index (χ1v) is 7.10. The van der Waals surface area contributed by atoms with Gasteiger partial charge in [0, 0.05) is 19.3 Å². The number of hydrogen-bond acceptors (Lipinski definition) is 4. The highest BCUT2D eigenvalue weighted by atomic mass is 16.5. The molecule has 2 rings (SSSR count). The number of amides is 2. The van der Waals surface area contributed by atoms with E-state index in [2.05, 4.69) is 10.6 Å². The minimum Gasteiger partial charge on any atom is -0.457 e. The van der Waals surface area contributed by atoms with Crippen molar-refractivity contribution in [3.8, 4) is 11.5 Å². The molecule has 0 aromatic heterocycles. The Morgan fingerprint density at radius 2 is 1.57 bits per heavy atom. The van der Waals surface area contributed by atoms with Crippen molar-refractivity contribution in [1.29, 1.82) is 0 Å². The van der Waals surface area contributed by atoms with Crippen molar-refractivity contribution in [3.63, 3.8) is 0 Å². The van der Waals surface area contributed by atoms with Crippen LogP contribution in [0.25, 0.3) is 0 Å². The molecule has 0 saturated carbocycles. The van der Waals surface area contributed by atoms with Gasteiger partial charge in [0.05, 0.1) is 6.61 Å². The SMILES string of the molecule is COCCNC(=O)C(=O)Nc1ccc(Oc2ccccc2)cc1. The molecule has 2 N–H and O–H groups in total. The summed E-state index contributed by atoms with van der Waals surface area (Å²) in [4.78, 5) is 23.2. The number of anilines is 1. The van der Waals surface area contributed by atoms with Gasteiger partial charge in [0.2, 0.25) is 0 Å². The van der Waals surface area contributed by atoms with Gasteiger partial charge in [0.15, 0.2) is 0 Å². The fourth-order valence-corrected chi connectivity index (χ4v) is 1.77. The monoisotopic (exact) mass is 314 g/mol. The predicted molar refractivity (Wildman–Crippen MR) is 86.5 cm³/mol. The summed E-state index contributed by atoms with van der Waals surface area (Å²) >= 11 is 0. The molecule has 0 bridgehead atoms. The molecule has 2 aromatic rings. The van der Waals surface area contributed by atoms with Crippen LogP contribution in [0, 0.1) is 0 Å². The van der Waals surface area contributed by atoms with Gasteiger partial charge in [-0.25, -0.2) is 0 Å². The van der Waals surface area contributed by atoms with Crippen molar-refractivity contribution in [2.45, 2.75) is 0 Å². The van der Waals surface area contributed by atoms with E-state index < -0.39 is 11.8 Å². The molecule has 6 heteroatoms. The zero-order chi connectivity index (χ0) is 16.5. The minimum absolute atomic E-state index is 0.284. The topological polar surface area (TPSA) is 76.7 Å². The second-order valence-electron chi connectivity index (χ2n) is 4.64. The van der Waals surface area contributed by atoms with Crippen LogP contribution in [0.15, 0.2) is 54.6 Å². The summed E-state index contributed by atoms with van der Waals surface area (Å²) in [6.07, 6.45) is 0. The zero-order valence-electron chi connectivity index (χ0n) is 12.7. The number of rotatable bonds is 6. The number of hydrogen-bond donors (Lipinski definition) is 2. The van der Waals surface area contributed by atoms with Gasteiger partial charge >= 0.3 is 11.8 Å². The van der Waals surface area contributed by atoms with Gasteiger partial charge in [-0.05, 0) is 36.4 Å². The van der Waals surface area contributed by atoms with Crippen LogP contribution in [0.1, 0.15) is 0 Å². The second kappa shape index (κ2) is 8.55. The summed E-state index contributed by atoms with van der Waals surface area (Å²) in [6, 6.07) is 16.1. The van der Waals surface area contributed by atoms with E-state index in [9.17, 15) is 9.59 Å². The Morgan fingerprint density at radius 1 is 0.913 bits per heavy atom. The normalized spacial score (nSPS) is 9.96. The van der Waals surface area contributed by atoms with Gasteiger partial charge < -0.3 is 20.1 Å². The number of benzene rings is 2. The first-order chi connectivity index (χ1) is 11.2. The summed E-state index contributed by atoms with van der Waals surface area (Å²) in [6.45, 7) is 0.636. The molecule has 0 atom stereocenters. The Labute approximate surface area is 134 Å². The quantitative estimate of drug-likeness (QED) is 0.633. The number of para-hydroxylation sites is 1. The highest BCUT2D eigenvalue weighted by Crippen LogP contribution is 2.22. The first-order valence-electron chi connectivity index (χ1n) is 7.10. The van der Waals surface area contributed by atoms with Crippen LogP contribution in [0.2, 0.25) is 0 Å². The maximum Gasteiger partial charge on any atom is 0.313 e. The Morgan fingerprint density at radius 3 is 2.22 bits per heavy atom. The van der Waals surface area contributed by atoms with E-state index in [0.717, 1.165) is 5.75 Å². The molecule has 0 aliphatic carbocycles. The molecule has 0 fully saturated rings. The van der Waals surface area contributed by atoms with Crippen LogP contribution in [-0.2, 0) is 14.3 Å². The molecule has 6 nitrogen and oxygen atoms in total. The van der Waals surface area contributed by atoms with Crippen molar-refractivity contribution in [2.75, 3.05) is 25.6 Å². The molecule has 0 aliphatic rings. The number of ether oxygens (including phenoxy) is 2. The van der Waals surface area contributed by atoms with E-state index >= 15 is 0 Å². The largest absolute Gasteiger partial charge is 0.457 e. The van der Waals surface area contributed by atoms with Crippen molar-refractivity contribution in [1.82, 2.24) is 5.32 Å². The second-order valence-corrected chi connectivity index (χ2v) is 4.64. The maximum absolute atomic E-state index is 11.7. The van der Waals surface area contributed by atoms with Crippen LogP contribution in [-0.4, -0.2) is 32.1 Å². The predicted octanol–water partition coefficient (Wildman–Crippen LogP) is 2.18. The number of carbonyl (C=O) groups excluding carboxylic acids is 2. The third-order valence-corrected chi connectivity index (χ3v) is 2.89. The molecule has 0 aliphatic heterocycles. The van der Waals surface area contributed by atoms with Crippen molar-refractivity contribution < 1.29 is 19.1 Å². The van der Waals surface area contributed by atoms with E-state index in [1.165, 1.54) is 7.11 Å². The van der Waals surface area contributed by atoms with Crippen LogP contribution in [0.3, 0.4) is 0 Å². The molecular formula is C17H18N2O4. The van der Waals surface area contributed by atoms with Gasteiger partial charge in [0.1, 0.15) is 11.5 Å². The zero-order valence-corrected chi connectivity index (χ0v) is 12.7. The third-order valence-electron chi connectivity index (χ3n) is 2.89. The average molecular weight is 314 g/mol. The summed E-state index contributed by atoms with van der Waals surface area (Å²) in [5.74, 6) is -0.0648. The molecule has 0 heterocycles. The van der Waals surface area contributed by atoms with E-state index in [-0.39, 0.29) is 6.54 Å². The minimum atomic E-state index is -0.724. The smallest absolute Gasteiger partial charge is 0.313 e. The molecule has 0 saturated heterocycles. The van der Waals surface area contributed by atoms with E-state index in [1.54, 1.807) is 24.3 Å². The molecule has 2 aromatic carbocycles. The Kier molecular flexibility index (Phi) is 6.14. The van der Waals surface area contributed by atoms with Gasteiger partial charge in [-0.3, -0.25) is 9.59 Å². The first kappa shape index (κ1) is 16.5. The number of nitrogens with one attached hydrogen (secondary N) is 2. The van der Waals surface area contributed by atoms with Crippen LogP contribution in [0.4, 0.5) is 5.69 Å². The van der Waals surface area contributed by atoms with Gasteiger partial charge in [-0.2, -0.15) is 0 Å². The molecule has 120 valence electrons. The lowest BCUT2D eigenvalue weighted by atomic mass is 10.3. The fraction of sp³-hybridized carbons (Fsp3) is 0.176. The fourth-order valence-electron chi connectivity index (χ4n) is 1.77. The summed E-state index contributed by atoms with van der Waals surface area (Å²) in [5.41, 5.74) is 0.511. The van der Waals surface area contributed by atoms with Crippen LogP contribution < -0.4 is 15.4 Å². The molecule has 0 unspecified atom stereocenters. The number of carbonyl (C=O) groups is 2. The van der Waals surface area contributed by atoms with Crippen molar-refractivity contribution >= 4 is 17.5 Å². The Balaban J connectivity index is 1.87. The summed E-state index contributed by atoms with van der Waals surface area (Å²) in [7, 11) is 1.52. The van der Waals surface area contributed by atoms with Crippen LogP contribution >= 0.6 is 0 Å². The lowest BCUT2D eigenvalue weighted by Crippen LogP contribution is -2.37. The van der Waals surface area contributed by atoms with Gasteiger partial charge in [-0.1, -0.05) is 18.2 Å². The van der Waals surface area contributed by atoms with Gasteiger partial charge in [-0.15, -0.1) is 0 Å². The summed E-state index contributed by atoms with van der Waals surface area (Å²) in [5, 5.41) is 4.96. The number of methoxy groups -OCH3 is 1. The average Bonchev–Trinajstić information content (AvgIpc) is 2.57. The molecular weight excluding hydrogens is 296 g/mol. The Bertz CT molecular complexity index is 641. The highest BCUT2D eigenvalue weighted by molar-refractivity contribution is 6.39. The van der Waals surface area contributed by atoms with Crippen molar-refractivity contribution in [2.24, 2.45) is 0 Å². The van der Waals surface area contributed by atoms with E-state index in [4.69, 9.17) is 9.47 Å². The molecule has 0 spiro atoms.